The van der Waals surface area contributed by atoms with Gasteiger partial charge < -0.3 is 5.32 Å². The van der Waals surface area contributed by atoms with E-state index in [0.29, 0.717) is 12.6 Å². The second-order valence-electron chi connectivity index (χ2n) is 4.13. The number of nitrogens with one attached hydrogen (secondary N) is 1. The van der Waals surface area contributed by atoms with Gasteiger partial charge in [-0.2, -0.15) is 0 Å². The predicted octanol–water partition coefficient (Wildman–Crippen LogP) is 2.27. The van der Waals surface area contributed by atoms with Gasteiger partial charge in [-0.1, -0.05) is 17.7 Å². The minimum Gasteiger partial charge on any atom is -0.378 e. The number of anilines is 1. The van der Waals surface area contributed by atoms with E-state index < -0.39 is 0 Å². The Morgan fingerprint density at radius 3 is 3.06 bits per heavy atom. The Morgan fingerprint density at radius 2 is 2.29 bits per heavy atom. The van der Waals surface area contributed by atoms with Gasteiger partial charge in [-0.25, -0.2) is 4.68 Å². The highest BCUT2D eigenvalue weighted by Gasteiger charge is 2.27. The van der Waals surface area contributed by atoms with Crippen LogP contribution in [0.1, 0.15) is 24.7 Å². The molecule has 2 aromatic rings. The molecule has 1 aliphatic rings. The maximum Gasteiger partial charge on any atom is 0.170 e. The Morgan fingerprint density at radius 1 is 1.41 bits per heavy atom. The Bertz CT molecular complexity index is 520. The van der Waals surface area contributed by atoms with E-state index in [9.17, 15) is 0 Å². The first-order chi connectivity index (χ1) is 8.33. The highest BCUT2D eigenvalue weighted by atomic mass is 35.5. The van der Waals surface area contributed by atoms with Crippen molar-refractivity contribution in [3.05, 3.63) is 35.1 Å². The number of hydrogen-bond donors (Lipinski definition) is 1. The summed E-state index contributed by atoms with van der Waals surface area (Å²) in [4.78, 5) is 0. The van der Waals surface area contributed by atoms with Crippen LogP contribution < -0.4 is 5.32 Å². The average molecular weight is 250 g/mol. The van der Waals surface area contributed by atoms with Gasteiger partial charge in [0.05, 0.1) is 12.6 Å². The summed E-state index contributed by atoms with van der Waals surface area (Å²) in [5.41, 5.74) is 0.975. The number of benzene rings is 1. The number of hydrogen-bond acceptors (Lipinski definition) is 4. The third-order valence-electron chi connectivity index (χ3n) is 2.73. The molecule has 17 heavy (non-hydrogen) atoms. The van der Waals surface area contributed by atoms with E-state index in [1.165, 1.54) is 12.8 Å². The zero-order valence-electron chi connectivity index (χ0n) is 9.17. The second-order valence-corrected chi connectivity index (χ2v) is 4.57. The lowest BCUT2D eigenvalue weighted by atomic mass is 10.3. The zero-order valence-corrected chi connectivity index (χ0v) is 9.93. The maximum absolute atomic E-state index is 5.91. The van der Waals surface area contributed by atoms with Crippen LogP contribution in [0.25, 0.3) is 0 Å². The Labute approximate surface area is 104 Å². The standard InChI is InChI=1S/C11H12ClN5/c12-8-2-1-3-9(6-8)13-7-11-14-15-16-17(11)10-4-5-10/h1-3,6,10,13H,4-5,7H2. The lowest BCUT2D eigenvalue weighted by molar-refractivity contribution is 0.586. The van der Waals surface area contributed by atoms with Crippen LogP contribution in [0, 0.1) is 0 Å². The average Bonchev–Trinajstić information content (AvgIpc) is 3.06. The van der Waals surface area contributed by atoms with Crippen LogP contribution in [0.15, 0.2) is 24.3 Å². The fourth-order valence-corrected chi connectivity index (χ4v) is 1.90. The molecule has 0 unspecified atom stereocenters. The highest BCUT2D eigenvalue weighted by Crippen LogP contribution is 2.34. The molecule has 0 amide bonds. The molecule has 0 saturated heterocycles. The number of aromatic nitrogens is 4. The minimum atomic E-state index is 0.501. The van der Waals surface area contributed by atoms with Crippen LogP contribution in [-0.4, -0.2) is 20.2 Å². The Balaban J connectivity index is 1.69. The summed E-state index contributed by atoms with van der Waals surface area (Å²) in [6.07, 6.45) is 2.35. The lowest BCUT2D eigenvalue weighted by Crippen LogP contribution is -2.08. The van der Waals surface area contributed by atoms with E-state index in [4.69, 9.17) is 11.6 Å². The number of halogens is 1. The molecule has 88 valence electrons. The molecule has 1 aromatic heterocycles. The number of tetrazole rings is 1. The first-order valence-electron chi connectivity index (χ1n) is 5.59. The SMILES string of the molecule is Clc1cccc(NCc2nnnn2C2CC2)c1. The van der Waals surface area contributed by atoms with E-state index >= 15 is 0 Å². The van der Waals surface area contributed by atoms with Gasteiger partial charge in [-0.15, -0.1) is 5.10 Å². The fraction of sp³-hybridized carbons (Fsp3) is 0.364. The molecular formula is C11H12ClN5. The third kappa shape index (κ3) is 2.39. The molecule has 5 nitrogen and oxygen atoms in total. The first kappa shape index (κ1) is 10.5. The summed E-state index contributed by atoms with van der Waals surface area (Å²) in [7, 11) is 0. The van der Waals surface area contributed by atoms with Crippen molar-refractivity contribution in [2.24, 2.45) is 0 Å². The third-order valence-corrected chi connectivity index (χ3v) is 2.96. The van der Waals surface area contributed by atoms with Crippen molar-refractivity contribution >= 4 is 17.3 Å². The van der Waals surface area contributed by atoms with Crippen molar-refractivity contribution < 1.29 is 0 Å². The summed E-state index contributed by atoms with van der Waals surface area (Å²) in [5.74, 6) is 0.868. The van der Waals surface area contributed by atoms with Crippen molar-refractivity contribution in [2.45, 2.75) is 25.4 Å². The van der Waals surface area contributed by atoms with E-state index in [1.54, 1.807) is 0 Å². The number of nitrogens with zero attached hydrogens (tertiary/aromatic N) is 4. The van der Waals surface area contributed by atoms with Gasteiger partial charge in [0.25, 0.3) is 0 Å². The fourth-order valence-electron chi connectivity index (χ4n) is 1.71. The van der Waals surface area contributed by atoms with Gasteiger partial charge in [0, 0.05) is 10.7 Å². The lowest BCUT2D eigenvalue weighted by Gasteiger charge is -2.06. The molecule has 3 rings (SSSR count). The van der Waals surface area contributed by atoms with Crippen molar-refractivity contribution in [1.29, 1.82) is 0 Å². The zero-order chi connectivity index (χ0) is 11.7. The number of rotatable bonds is 4. The molecule has 0 radical (unpaired) electrons. The van der Waals surface area contributed by atoms with Crippen LogP contribution in [-0.2, 0) is 6.54 Å². The van der Waals surface area contributed by atoms with Crippen LogP contribution in [0.4, 0.5) is 5.69 Å². The Hall–Kier alpha value is -1.62. The molecular weight excluding hydrogens is 238 g/mol. The molecule has 1 N–H and O–H groups in total. The molecule has 0 spiro atoms. The topological polar surface area (TPSA) is 55.6 Å². The summed E-state index contributed by atoms with van der Waals surface area (Å²) in [5, 5.41) is 15.7. The van der Waals surface area contributed by atoms with Crippen molar-refractivity contribution in [3.8, 4) is 0 Å². The molecule has 1 aliphatic carbocycles. The summed E-state index contributed by atoms with van der Waals surface area (Å²) >= 11 is 5.91. The van der Waals surface area contributed by atoms with Gasteiger partial charge in [-0.3, -0.25) is 0 Å². The largest absolute Gasteiger partial charge is 0.378 e. The molecule has 6 heteroatoms. The summed E-state index contributed by atoms with van der Waals surface area (Å²) in [6, 6.07) is 8.11. The highest BCUT2D eigenvalue weighted by molar-refractivity contribution is 6.30. The normalized spacial score (nSPS) is 14.9. The molecule has 1 saturated carbocycles. The van der Waals surface area contributed by atoms with Crippen molar-refractivity contribution in [1.82, 2.24) is 20.2 Å². The van der Waals surface area contributed by atoms with Crippen molar-refractivity contribution in [3.63, 3.8) is 0 Å². The van der Waals surface area contributed by atoms with E-state index in [0.717, 1.165) is 16.5 Å². The predicted molar refractivity (Wildman–Crippen MR) is 64.9 cm³/mol. The first-order valence-corrected chi connectivity index (χ1v) is 5.97. The summed E-state index contributed by atoms with van der Waals surface area (Å²) < 4.78 is 1.90. The minimum absolute atomic E-state index is 0.501. The van der Waals surface area contributed by atoms with Crippen LogP contribution in [0.3, 0.4) is 0 Å². The summed E-state index contributed by atoms with van der Waals surface area (Å²) in [6.45, 7) is 0.615. The Kier molecular flexibility index (Phi) is 2.68. The van der Waals surface area contributed by atoms with Gasteiger partial charge in [0.2, 0.25) is 0 Å². The van der Waals surface area contributed by atoms with E-state index in [-0.39, 0.29) is 0 Å². The van der Waals surface area contributed by atoms with Gasteiger partial charge in [0.15, 0.2) is 5.82 Å². The molecule has 0 bridgehead atoms. The second kappa shape index (κ2) is 4.33. The van der Waals surface area contributed by atoms with Gasteiger partial charge in [0.1, 0.15) is 0 Å². The van der Waals surface area contributed by atoms with Gasteiger partial charge in [-0.05, 0) is 41.5 Å². The molecule has 1 aromatic carbocycles. The monoisotopic (exact) mass is 249 g/mol. The quantitative estimate of drug-likeness (QED) is 0.903. The molecule has 0 atom stereocenters. The molecule has 0 aliphatic heterocycles. The van der Waals surface area contributed by atoms with Crippen LogP contribution in [0.5, 0.6) is 0 Å². The van der Waals surface area contributed by atoms with E-state index in [2.05, 4.69) is 20.8 Å². The maximum atomic E-state index is 5.91. The van der Waals surface area contributed by atoms with Gasteiger partial charge >= 0.3 is 0 Å². The van der Waals surface area contributed by atoms with Crippen LogP contribution in [0.2, 0.25) is 5.02 Å². The molecule has 1 heterocycles. The smallest absolute Gasteiger partial charge is 0.170 e. The van der Waals surface area contributed by atoms with Crippen LogP contribution >= 0.6 is 11.6 Å². The van der Waals surface area contributed by atoms with Crippen molar-refractivity contribution in [2.75, 3.05) is 5.32 Å². The van der Waals surface area contributed by atoms with E-state index in [1.807, 2.05) is 28.9 Å². The molecule has 1 fully saturated rings.